The van der Waals surface area contributed by atoms with E-state index < -0.39 is 23.2 Å². The van der Waals surface area contributed by atoms with Gasteiger partial charge in [0.2, 0.25) is 5.88 Å². The average molecular weight is 392 g/mol. The summed E-state index contributed by atoms with van der Waals surface area (Å²) in [7, 11) is 1.16. The van der Waals surface area contributed by atoms with Crippen LogP contribution >= 0.6 is 0 Å². The van der Waals surface area contributed by atoms with Crippen LogP contribution < -0.4 is 4.74 Å². The van der Waals surface area contributed by atoms with Crippen LogP contribution in [0, 0.1) is 0 Å². The fourth-order valence-corrected chi connectivity index (χ4v) is 4.68. The zero-order valence-corrected chi connectivity index (χ0v) is 15.6. The van der Waals surface area contributed by atoms with E-state index >= 15 is 0 Å². The zero-order chi connectivity index (χ0) is 19.9. The highest BCUT2D eigenvalue weighted by molar-refractivity contribution is 5.36. The number of methoxy groups -OCH3 is 1. The summed E-state index contributed by atoms with van der Waals surface area (Å²) in [6, 6.07) is 11.4. The molecule has 28 heavy (non-hydrogen) atoms. The highest BCUT2D eigenvalue weighted by Crippen LogP contribution is 2.47. The molecule has 0 amide bonds. The molecule has 0 aliphatic carbocycles. The Balaban J connectivity index is 1.59. The molecule has 3 heterocycles. The quantitative estimate of drug-likeness (QED) is 0.850. The van der Waals surface area contributed by atoms with Crippen LogP contribution in [-0.4, -0.2) is 34.2 Å². The molecular weight excluding hydrogens is 369 g/mol. The molecule has 1 aromatic carbocycles. The third-order valence-corrected chi connectivity index (χ3v) is 6.01. The van der Waals surface area contributed by atoms with E-state index in [1.54, 1.807) is 0 Å². The third-order valence-electron chi connectivity index (χ3n) is 6.01. The molecule has 0 spiro atoms. The second kappa shape index (κ2) is 7.04. The van der Waals surface area contributed by atoms with Crippen molar-refractivity contribution in [2.45, 2.75) is 56.1 Å². The molecular formula is C21H23F3N2O2. The summed E-state index contributed by atoms with van der Waals surface area (Å²) in [4.78, 5) is 6.21. The molecule has 4 rings (SSSR count). The number of hydrogen-bond donors (Lipinski definition) is 1. The van der Waals surface area contributed by atoms with Crippen LogP contribution in [0.3, 0.4) is 0 Å². The van der Waals surface area contributed by atoms with Gasteiger partial charge in [0.25, 0.3) is 0 Å². The first kappa shape index (κ1) is 19.2. The van der Waals surface area contributed by atoms with Gasteiger partial charge in [0.15, 0.2) is 0 Å². The molecule has 1 N–H and O–H groups in total. The van der Waals surface area contributed by atoms with Gasteiger partial charge < -0.3 is 9.84 Å². The minimum atomic E-state index is -4.59. The molecule has 2 aliphatic heterocycles. The molecule has 150 valence electrons. The first-order chi connectivity index (χ1) is 13.3. The highest BCUT2D eigenvalue weighted by atomic mass is 19.4. The van der Waals surface area contributed by atoms with Crippen LogP contribution in [0.25, 0.3) is 0 Å². The molecule has 2 atom stereocenters. The lowest BCUT2D eigenvalue weighted by molar-refractivity contribution is -0.139. The molecule has 4 nitrogen and oxygen atoms in total. The normalized spacial score (nSPS) is 27.8. The van der Waals surface area contributed by atoms with Gasteiger partial charge in [-0.25, -0.2) is 4.98 Å². The van der Waals surface area contributed by atoms with Crippen molar-refractivity contribution in [3.63, 3.8) is 0 Å². The molecule has 1 aromatic heterocycles. The lowest BCUT2D eigenvalue weighted by atomic mass is 9.80. The number of nitrogens with zero attached hydrogens (tertiary/aromatic N) is 2. The van der Waals surface area contributed by atoms with Crippen LogP contribution in [-0.2, 0) is 18.3 Å². The molecule has 2 aromatic rings. The van der Waals surface area contributed by atoms with Crippen molar-refractivity contribution in [1.82, 2.24) is 9.88 Å². The lowest BCUT2D eigenvalue weighted by Crippen LogP contribution is -2.49. The summed E-state index contributed by atoms with van der Waals surface area (Å²) in [6.45, 7) is 0.793. The summed E-state index contributed by atoms with van der Waals surface area (Å²) in [5, 5.41) is 11.3. The number of halogens is 3. The topological polar surface area (TPSA) is 45.6 Å². The number of hydrogen-bond acceptors (Lipinski definition) is 4. The van der Waals surface area contributed by atoms with Gasteiger partial charge in [-0.05, 0) is 37.3 Å². The number of piperidine rings is 1. The second-order valence-electron chi connectivity index (χ2n) is 7.76. The first-order valence-corrected chi connectivity index (χ1v) is 9.44. The number of aromatic nitrogens is 1. The summed E-state index contributed by atoms with van der Waals surface area (Å²) in [5.41, 5.74) is -0.828. The molecule has 7 heteroatoms. The second-order valence-corrected chi connectivity index (χ2v) is 7.76. The summed E-state index contributed by atoms with van der Waals surface area (Å²) < 4.78 is 44.9. The Morgan fingerprint density at radius 2 is 1.82 bits per heavy atom. The fraction of sp³-hybridized carbons (Fsp3) is 0.476. The summed E-state index contributed by atoms with van der Waals surface area (Å²) in [5.74, 6) is -0.468. The number of ether oxygens (including phenoxy) is 1. The van der Waals surface area contributed by atoms with Gasteiger partial charge in [-0.15, -0.1) is 0 Å². The largest absolute Gasteiger partial charge is 0.481 e. The summed E-state index contributed by atoms with van der Waals surface area (Å²) >= 11 is 0. The van der Waals surface area contributed by atoms with Crippen molar-refractivity contribution >= 4 is 0 Å². The van der Waals surface area contributed by atoms with E-state index in [9.17, 15) is 18.3 Å². The number of pyridine rings is 1. The summed E-state index contributed by atoms with van der Waals surface area (Å²) in [6.07, 6.45) is -0.577. The van der Waals surface area contributed by atoms with Gasteiger partial charge in [-0.3, -0.25) is 4.90 Å². The van der Waals surface area contributed by atoms with Crippen molar-refractivity contribution in [2.75, 3.05) is 7.11 Å². The maximum Gasteiger partial charge on any atom is 0.421 e. The molecule has 2 bridgehead atoms. The lowest BCUT2D eigenvalue weighted by Gasteiger charge is -2.44. The molecule has 2 saturated heterocycles. The Morgan fingerprint density at radius 1 is 1.18 bits per heavy atom. The average Bonchev–Trinajstić information content (AvgIpc) is 2.91. The molecule has 2 fully saturated rings. The smallest absolute Gasteiger partial charge is 0.421 e. The maximum absolute atomic E-state index is 13.4. The van der Waals surface area contributed by atoms with E-state index in [4.69, 9.17) is 4.74 Å². The highest BCUT2D eigenvalue weighted by Gasteiger charge is 2.49. The maximum atomic E-state index is 13.4. The zero-order valence-electron chi connectivity index (χ0n) is 15.6. The number of aliphatic hydroxyl groups is 1. The van der Waals surface area contributed by atoms with E-state index in [0.29, 0.717) is 12.8 Å². The van der Waals surface area contributed by atoms with Crippen LogP contribution in [0.1, 0.15) is 42.4 Å². The number of fused-ring (bicyclic) bond motifs is 2. The Labute approximate surface area is 162 Å². The van der Waals surface area contributed by atoms with E-state index in [-0.39, 0.29) is 17.6 Å². The van der Waals surface area contributed by atoms with E-state index in [1.807, 2.05) is 18.2 Å². The van der Waals surface area contributed by atoms with Crippen LogP contribution in [0.15, 0.2) is 42.6 Å². The van der Waals surface area contributed by atoms with Crippen molar-refractivity contribution in [1.29, 1.82) is 0 Å². The molecule has 2 unspecified atom stereocenters. The Hall–Kier alpha value is -2.12. The number of benzene rings is 1. The van der Waals surface area contributed by atoms with Gasteiger partial charge in [0.1, 0.15) is 5.56 Å². The van der Waals surface area contributed by atoms with Gasteiger partial charge in [0.05, 0.1) is 12.7 Å². The van der Waals surface area contributed by atoms with Gasteiger partial charge in [0, 0.05) is 30.4 Å². The van der Waals surface area contributed by atoms with Gasteiger partial charge in [-0.1, -0.05) is 30.3 Å². The van der Waals surface area contributed by atoms with Crippen molar-refractivity contribution in [2.24, 2.45) is 0 Å². The minimum Gasteiger partial charge on any atom is -0.481 e. The Morgan fingerprint density at radius 3 is 2.39 bits per heavy atom. The first-order valence-electron chi connectivity index (χ1n) is 9.44. The predicted octanol–water partition coefficient (Wildman–Crippen LogP) is 4.12. The van der Waals surface area contributed by atoms with Gasteiger partial charge in [-0.2, -0.15) is 13.2 Å². The minimum absolute atomic E-state index is 0.139. The van der Waals surface area contributed by atoms with E-state index in [0.717, 1.165) is 32.6 Å². The number of rotatable bonds is 4. The van der Waals surface area contributed by atoms with Crippen molar-refractivity contribution < 1.29 is 23.0 Å². The SMILES string of the molecule is COc1ncc(C2(O)CC3CCC(C2)N3Cc2ccccc2)cc1C(F)(F)F. The Bertz CT molecular complexity index is 827. The third kappa shape index (κ3) is 3.49. The van der Waals surface area contributed by atoms with E-state index in [1.165, 1.54) is 11.8 Å². The molecule has 0 radical (unpaired) electrons. The standard InChI is InChI=1S/C21H23F3N2O2/c1-28-19-18(21(22,23)24)9-15(12-25-19)20(27)10-16-7-8-17(11-20)26(16)13-14-5-3-2-4-6-14/h2-6,9,12,16-17,27H,7-8,10-11,13H2,1H3. The van der Waals surface area contributed by atoms with Crippen LogP contribution in [0.5, 0.6) is 5.88 Å². The molecule has 0 saturated carbocycles. The van der Waals surface area contributed by atoms with Crippen LogP contribution in [0.2, 0.25) is 0 Å². The number of alkyl halides is 3. The predicted molar refractivity (Wildman–Crippen MR) is 97.7 cm³/mol. The van der Waals surface area contributed by atoms with Crippen molar-refractivity contribution in [3.05, 3.63) is 59.3 Å². The Kier molecular flexibility index (Phi) is 4.83. The fourth-order valence-electron chi connectivity index (χ4n) is 4.68. The van der Waals surface area contributed by atoms with Gasteiger partial charge >= 0.3 is 6.18 Å². The van der Waals surface area contributed by atoms with Crippen LogP contribution in [0.4, 0.5) is 13.2 Å². The molecule has 2 aliphatic rings. The monoisotopic (exact) mass is 392 g/mol. The van der Waals surface area contributed by atoms with Crippen molar-refractivity contribution in [3.8, 4) is 5.88 Å². The van der Waals surface area contributed by atoms with E-state index in [2.05, 4.69) is 22.0 Å².